The highest BCUT2D eigenvalue weighted by Crippen LogP contribution is 2.42. The molecule has 0 spiro atoms. The average Bonchev–Trinajstić information content (AvgIpc) is 3.00. The summed E-state index contributed by atoms with van der Waals surface area (Å²) < 4.78 is 20.9. The number of anilines is 2. The first-order valence-corrected chi connectivity index (χ1v) is 10.2. The van der Waals surface area contributed by atoms with Crippen LogP contribution in [0.5, 0.6) is 5.75 Å². The number of hydrogen-bond donors (Lipinski definition) is 1. The Morgan fingerprint density at radius 3 is 2.62 bits per heavy atom. The molecule has 0 saturated carbocycles. The van der Waals surface area contributed by atoms with Crippen molar-refractivity contribution in [1.82, 2.24) is 10.2 Å². The number of rotatable bonds is 4. The van der Waals surface area contributed by atoms with Crippen molar-refractivity contribution in [2.24, 2.45) is 5.41 Å². The summed E-state index contributed by atoms with van der Waals surface area (Å²) in [4.78, 5) is 26.5. The lowest BCUT2D eigenvalue weighted by Crippen LogP contribution is -2.44. The predicted molar refractivity (Wildman–Crippen MR) is 110 cm³/mol. The normalized spacial score (nSPS) is 16.4. The zero-order valence-corrected chi connectivity index (χ0v) is 18.2. The SMILES string of the molecule is Cc1nnc(CN2C(=O)C(C)Oc3c2cc(C)c(NC(=O)CC(C)(C)C)c3F)s1. The number of aryl methyl sites for hydroxylation is 2. The Kier molecular flexibility index (Phi) is 5.62. The van der Waals surface area contributed by atoms with Crippen LogP contribution in [0.15, 0.2) is 6.07 Å². The molecule has 2 amide bonds. The molecule has 1 aliphatic heterocycles. The molecule has 9 heteroatoms. The monoisotopic (exact) mass is 420 g/mol. The molecule has 3 rings (SSSR count). The van der Waals surface area contributed by atoms with Crippen LogP contribution in [0.4, 0.5) is 15.8 Å². The summed E-state index contributed by atoms with van der Waals surface area (Å²) in [5.41, 5.74) is 0.681. The molecule has 1 aromatic carbocycles. The van der Waals surface area contributed by atoms with Crippen LogP contribution in [0.25, 0.3) is 0 Å². The van der Waals surface area contributed by atoms with Crippen molar-refractivity contribution < 1.29 is 18.7 Å². The van der Waals surface area contributed by atoms with Crippen molar-refractivity contribution >= 4 is 34.5 Å². The number of carbonyl (C=O) groups excluding carboxylic acids is 2. The van der Waals surface area contributed by atoms with Gasteiger partial charge in [-0.3, -0.25) is 14.5 Å². The Morgan fingerprint density at radius 1 is 1.34 bits per heavy atom. The van der Waals surface area contributed by atoms with Gasteiger partial charge in [0.1, 0.15) is 10.0 Å². The molecule has 2 heterocycles. The highest BCUT2D eigenvalue weighted by Gasteiger charge is 2.36. The van der Waals surface area contributed by atoms with E-state index < -0.39 is 11.9 Å². The van der Waals surface area contributed by atoms with Crippen molar-refractivity contribution in [2.75, 3.05) is 10.2 Å². The third-order valence-corrected chi connectivity index (χ3v) is 5.24. The first-order chi connectivity index (χ1) is 13.5. The molecular formula is C20H25FN4O3S. The molecule has 1 unspecified atom stereocenters. The van der Waals surface area contributed by atoms with E-state index in [9.17, 15) is 9.59 Å². The minimum Gasteiger partial charge on any atom is -0.476 e. The van der Waals surface area contributed by atoms with E-state index >= 15 is 4.39 Å². The van der Waals surface area contributed by atoms with Crippen LogP contribution in [0.3, 0.4) is 0 Å². The van der Waals surface area contributed by atoms with E-state index in [2.05, 4.69) is 15.5 Å². The molecule has 0 bridgehead atoms. The van der Waals surface area contributed by atoms with Crippen molar-refractivity contribution in [3.8, 4) is 5.75 Å². The smallest absolute Gasteiger partial charge is 0.268 e. The second-order valence-electron chi connectivity index (χ2n) is 8.42. The summed E-state index contributed by atoms with van der Waals surface area (Å²) >= 11 is 1.38. The molecule has 1 N–H and O–H groups in total. The van der Waals surface area contributed by atoms with Crippen molar-refractivity contribution in [1.29, 1.82) is 0 Å². The maximum Gasteiger partial charge on any atom is 0.268 e. The molecule has 0 fully saturated rings. The highest BCUT2D eigenvalue weighted by molar-refractivity contribution is 7.11. The number of halogens is 1. The van der Waals surface area contributed by atoms with Gasteiger partial charge in [-0.1, -0.05) is 32.1 Å². The molecular weight excluding hydrogens is 395 g/mol. The van der Waals surface area contributed by atoms with Gasteiger partial charge in [0.2, 0.25) is 5.91 Å². The minimum absolute atomic E-state index is 0.0463. The van der Waals surface area contributed by atoms with Gasteiger partial charge in [0.05, 0.1) is 17.9 Å². The number of amides is 2. The van der Waals surface area contributed by atoms with E-state index in [-0.39, 0.29) is 41.6 Å². The number of carbonyl (C=O) groups is 2. The second-order valence-corrected chi connectivity index (χ2v) is 9.68. The van der Waals surface area contributed by atoms with Gasteiger partial charge in [0.15, 0.2) is 17.7 Å². The third-order valence-electron chi connectivity index (χ3n) is 4.41. The van der Waals surface area contributed by atoms with Gasteiger partial charge in [-0.15, -0.1) is 10.2 Å². The Balaban J connectivity index is 1.98. The maximum atomic E-state index is 15.3. The number of nitrogens with zero attached hydrogens (tertiary/aromatic N) is 3. The van der Waals surface area contributed by atoms with Gasteiger partial charge in [0.25, 0.3) is 5.91 Å². The summed E-state index contributed by atoms with van der Waals surface area (Å²) in [6.07, 6.45) is -0.604. The highest BCUT2D eigenvalue weighted by atomic mass is 32.1. The van der Waals surface area contributed by atoms with Gasteiger partial charge >= 0.3 is 0 Å². The summed E-state index contributed by atoms with van der Waals surface area (Å²) in [5, 5.41) is 12.1. The van der Waals surface area contributed by atoms with Crippen LogP contribution in [-0.2, 0) is 16.1 Å². The summed E-state index contributed by atoms with van der Waals surface area (Å²) in [7, 11) is 0. The Bertz CT molecular complexity index is 967. The number of fused-ring (bicyclic) bond motifs is 1. The van der Waals surface area contributed by atoms with Crippen LogP contribution < -0.4 is 15.0 Å². The topological polar surface area (TPSA) is 84.4 Å². The van der Waals surface area contributed by atoms with E-state index in [0.717, 1.165) is 5.01 Å². The number of hydrogen-bond acceptors (Lipinski definition) is 6. The van der Waals surface area contributed by atoms with E-state index in [0.29, 0.717) is 16.3 Å². The minimum atomic E-state index is -0.855. The lowest BCUT2D eigenvalue weighted by Gasteiger charge is -2.33. The fourth-order valence-corrected chi connectivity index (χ4v) is 3.84. The molecule has 1 atom stereocenters. The molecule has 0 saturated heterocycles. The van der Waals surface area contributed by atoms with Gasteiger partial charge in [-0.05, 0) is 37.8 Å². The van der Waals surface area contributed by atoms with Crippen LogP contribution in [0, 0.1) is 25.1 Å². The van der Waals surface area contributed by atoms with Crippen molar-refractivity contribution in [3.05, 3.63) is 27.5 Å². The molecule has 1 aromatic heterocycles. The Labute approximate surface area is 173 Å². The van der Waals surface area contributed by atoms with E-state index in [1.807, 2.05) is 27.7 Å². The number of benzene rings is 1. The van der Waals surface area contributed by atoms with Crippen molar-refractivity contribution in [2.45, 2.75) is 60.6 Å². The largest absolute Gasteiger partial charge is 0.476 e. The fourth-order valence-electron chi connectivity index (χ4n) is 3.14. The quantitative estimate of drug-likeness (QED) is 0.809. The third kappa shape index (κ3) is 4.55. The van der Waals surface area contributed by atoms with Crippen molar-refractivity contribution in [3.63, 3.8) is 0 Å². The molecule has 1 aliphatic rings. The number of nitrogens with one attached hydrogen (secondary N) is 1. The molecule has 156 valence electrons. The second kappa shape index (κ2) is 7.70. The zero-order valence-electron chi connectivity index (χ0n) is 17.4. The first-order valence-electron chi connectivity index (χ1n) is 9.36. The first kappa shape index (κ1) is 21.2. The average molecular weight is 421 g/mol. The lowest BCUT2D eigenvalue weighted by molar-refractivity contribution is -0.125. The maximum absolute atomic E-state index is 15.3. The molecule has 2 aromatic rings. The molecule has 0 aliphatic carbocycles. The Morgan fingerprint density at radius 2 is 2.03 bits per heavy atom. The number of ether oxygens (including phenoxy) is 1. The fraction of sp³-hybridized carbons (Fsp3) is 0.500. The van der Waals surface area contributed by atoms with Gasteiger partial charge in [0, 0.05) is 6.42 Å². The van der Waals surface area contributed by atoms with Crippen LogP contribution >= 0.6 is 11.3 Å². The van der Waals surface area contributed by atoms with E-state index in [1.165, 1.54) is 16.2 Å². The lowest BCUT2D eigenvalue weighted by atomic mass is 9.92. The van der Waals surface area contributed by atoms with Crippen LogP contribution in [-0.4, -0.2) is 28.1 Å². The number of aromatic nitrogens is 2. The van der Waals surface area contributed by atoms with Gasteiger partial charge in [-0.25, -0.2) is 4.39 Å². The van der Waals surface area contributed by atoms with E-state index in [1.54, 1.807) is 19.9 Å². The summed E-state index contributed by atoms with van der Waals surface area (Å²) in [5.74, 6) is -1.29. The van der Waals surface area contributed by atoms with E-state index in [4.69, 9.17) is 4.74 Å². The predicted octanol–water partition coefficient (Wildman–Crippen LogP) is 3.98. The van der Waals surface area contributed by atoms with Gasteiger partial charge < -0.3 is 10.1 Å². The Hall–Kier alpha value is -2.55. The summed E-state index contributed by atoms with van der Waals surface area (Å²) in [6, 6.07) is 1.66. The molecule has 0 radical (unpaired) electrons. The summed E-state index contributed by atoms with van der Waals surface area (Å²) in [6.45, 7) is 11.1. The standard InChI is InChI=1S/C20H25FN4O3S/c1-10-7-13-18(16(21)17(10)22-14(26)8-20(4,5)6)28-11(2)19(27)25(13)9-15-24-23-12(3)29-15/h7,11H,8-9H2,1-6H3,(H,22,26). The molecule has 29 heavy (non-hydrogen) atoms. The van der Waals surface area contributed by atoms with Gasteiger partial charge in [-0.2, -0.15) is 0 Å². The van der Waals surface area contributed by atoms with Crippen LogP contribution in [0.2, 0.25) is 0 Å². The zero-order chi connectivity index (χ0) is 21.5. The van der Waals surface area contributed by atoms with Crippen LogP contribution in [0.1, 0.15) is 49.7 Å². The molecule has 7 nitrogen and oxygen atoms in total.